The average Bonchev–Trinajstić information content (AvgIpc) is 3.12. The summed E-state index contributed by atoms with van der Waals surface area (Å²) in [6.07, 6.45) is 0. The molecule has 0 fully saturated rings. The normalized spacial score (nSPS) is 10.6. The van der Waals surface area contributed by atoms with Gasteiger partial charge in [0, 0.05) is 17.1 Å². The molecule has 0 spiro atoms. The van der Waals surface area contributed by atoms with E-state index in [9.17, 15) is 4.79 Å². The van der Waals surface area contributed by atoms with E-state index in [0.29, 0.717) is 23.1 Å². The number of carbonyl (C=O) groups is 1. The lowest BCUT2D eigenvalue weighted by Crippen LogP contribution is -2.20. The average molecular weight is 459 g/mol. The van der Waals surface area contributed by atoms with Crippen LogP contribution in [-0.4, -0.2) is 39.6 Å². The molecule has 9 heteroatoms. The van der Waals surface area contributed by atoms with E-state index in [-0.39, 0.29) is 12.5 Å². The van der Waals surface area contributed by atoms with Crippen molar-refractivity contribution < 1.29 is 14.3 Å². The zero-order chi connectivity index (χ0) is 24.1. The van der Waals surface area contributed by atoms with Gasteiger partial charge in [0.15, 0.2) is 18.2 Å². The lowest BCUT2D eigenvalue weighted by Gasteiger charge is -2.10. The molecule has 9 nitrogen and oxygen atoms in total. The second-order valence-corrected chi connectivity index (χ2v) is 7.70. The molecule has 4 rings (SSSR count). The van der Waals surface area contributed by atoms with E-state index < -0.39 is 0 Å². The van der Waals surface area contributed by atoms with Gasteiger partial charge in [-0.2, -0.15) is 5.10 Å². The van der Waals surface area contributed by atoms with Crippen molar-refractivity contribution in [2.24, 2.45) is 0 Å². The van der Waals surface area contributed by atoms with Crippen LogP contribution in [0, 0.1) is 20.8 Å². The van der Waals surface area contributed by atoms with Gasteiger partial charge >= 0.3 is 0 Å². The number of benzene rings is 2. The molecule has 0 aliphatic rings. The van der Waals surface area contributed by atoms with Crippen LogP contribution in [0.25, 0.3) is 5.82 Å². The van der Waals surface area contributed by atoms with Crippen LogP contribution < -0.4 is 20.1 Å². The number of rotatable bonds is 8. The Labute approximate surface area is 197 Å². The highest BCUT2D eigenvalue weighted by Gasteiger charge is 2.10. The summed E-state index contributed by atoms with van der Waals surface area (Å²) < 4.78 is 12.4. The number of ether oxygens (including phenoxy) is 2. The van der Waals surface area contributed by atoms with Crippen molar-refractivity contribution in [2.75, 3.05) is 24.4 Å². The maximum Gasteiger partial charge on any atom is 0.262 e. The predicted octanol–water partition coefficient (Wildman–Crippen LogP) is 4.36. The molecule has 0 atom stereocenters. The Morgan fingerprint density at radius 2 is 1.56 bits per heavy atom. The van der Waals surface area contributed by atoms with Crippen molar-refractivity contribution >= 4 is 23.1 Å². The summed E-state index contributed by atoms with van der Waals surface area (Å²) in [5.74, 6) is 2.33. The maximum atomic E-state index is 12.2. The molecule has 174 valence electrons. The Bertz CT molecular complexity index is 1270. The molecule has 0 aliphatic carbocycles. The first-order valence-electron chi connectivity index (χ1n) is 10.7. The lowest BCUT2D eigenvalue weighted by atomic mass is 10.2. The Hall–Kier alpha value is -4.40. The topological polar surface area (TPSA) is 103 Å². The molecule has 0 aliphatic heterocycles. The molecule has 2 heterocycles. The van der Waals surface area contributed by atoms with Gasteiger partial charge in [0.05, 0.1) is 12.8 Å². The first-order chi connectivity index (χ1) is 16.4. The third-order valence-electron chi connectivity index (χ3n) is 5.39. The van der Waals surface area contributed by atoms with Gasteiger partial charge < -0.3 is 20.1 Å². The summed E-state index contributed by atoms with van der Waals surface area (Å²) in [7, 11) is 1.60. The van der Waals surface area contributed by atoms with E-state index in [0.717, 1.165) is 28.4 Å². The SMILES string of the molecule is COc1ccc(OCC(=O)Nc2ccc(Nc3ccc(-n4nc(C)c(C)c4C)nn3)cc2)cc1. The number of carbonyl (C=O) groups excluding carboxylic acids is 1. The molecule has 0 saturated heterocycles. The van der Waals surface area contributed by atoms with Crippen LogP contribution in [0.4, 0.5) is 17.2 Å². The lowest BCUT2D eigenvalue weighted by molar-refractivity contribution is -0.118. The monoisotopic (exact) mass is 458 g/mol. The first-order valence-corrected chi connectivity index (χ1v) is 10.7. The van der Waals surface area contributed by atoms with Crippen LogP contribution >= 0.6 is 0 Å². The van der Waals surface area contributed by atoms with E-state index in [1.165, 1.54) is 0 Å². The third-order valence-corrected chi connectivity index (χ3v) is 5.39. The Balaban J connectivity index is 1.30. The second-order valence-electron chi connectivity index (χ2n) is 7.70. The summed E-state index contributed by atoms with van der Waals surface area (Å²) in [4.78, 5) is 12.2. The number of nitrogens with zero attached hydrogens (tertiary/aromatic N) is 4. The molecular formula is C25H26N6O3. The molecular weight excluding hydrogens is 432 g/mol. The van der Waals surface area contributed by atoms with Gasteiger partial charge in [0.1, 0.15) is 11.5 Å². The van der Waals surface area contributed by atoms with Crippen molar-refractivity contribution in [3.8, 4) is 17.3 Å². The van der Waals surface area contributed by atoms with Gasteiger partial charge in [0.25, 0.3) is 5.91 Å². The minimum Gasteiger partial charge on any atom is -0.497 e. The second kappa shape index (κ2) is 10.0. The number of aryl methyl sites for hydroxylation is 1. The van der Waals surface area contributed by atoms with Gasteiger partial charge in [-0.05, 0) is 87.0 Å². The fourth-order valence-electron chi connectivity index (χ4n) is 3.25. The molecule has 2 aromatic heterocycles. The van der Waals surface area contributed by atoms with Crippen LogP contribution in [0.1, 0.15) is 17.0 Å². The van der Waals surface area contributed by atoms with Gasteiger partial charge in [-0.15, -0.1) is 10.2 Å². The minimum atomic E-state index is -0.252. The van der Waals surface area contributed by atoms with Crippen LogP contribution in [0.15, 0.2) is 60.7 Å². The van der Waals surface area contributed by atoms with Gasteiger partial charge in [-0.25, -0.2) is 4.68 Å². The van der Waals surface area contributed by atoms with Gasteiger partial charge in [-0.3, -0.25) is 4.79 Å². The minimum absolute atomic E-state index is 0.0942. The number of hydrogen-bond donors (Lipinski definition) is 2. The smallest absolute Gasteiger partial charge is 0.262 e. The quantitative estimate of drug-likeness (QED) is 0.404. The highest BCUT2D eigenvalue weighted by molar-refractivity contribution is 5.92. The zero-order valence-electron chi connectivity index (χ0n) is 19.5. The van der Waals surface area contributed by atoms with Gasteiger partial charge in [-0.1, -0.05) is 0 Å². The Kier molecular flexibility index (Phi) is 6.72. The molecule has 2 aromatic carbocycles. The molecule has 0 unspecified atom stereocenters. The summed E-state index contributed by atoms with van der Waals surface area (Å²) in [5.41, 5.74) is 4.63. The van der Waals surface area contributed by atoms with Crippen molar-refractivity contribution in [1.29, 1.82) is 0 Å². The maximum absolute atomic E-state index is 12.2. The Morgan fingerprint density at radius 1 is 0.882 bits per heavy atom. The number of anilines is 3. The predicted molar refractivity (Wildman–Crippen MR) is 130 cm³/mol. The largest absolute Gasteiger partial charge is 0.497 e. The molecule has 4 aromatic rings. The third kappa shape index (κ3) is 5.32. The molecule has 1 amide bonds. The molecule has 0 saturated carbocycles. The molecule has 2 N–H and O–H groups in total. The highest BCUT2D eigenvalue weighted by atomic mass is 16.5. The first kappa shape index (κ1) is 22.8. The van der Waals surface area contributed by atoms with E-state index >= 15 is 0 Å². The summed E-state index contributed by atoms with van der Waals surface area (Å²) >= 11 is 0. The van der Waals surface area contributed by atoms with E-state index in [2.05, 4.69) is 25.9 Å². The number of nitrogens with one attached hydrogen (secondary N) is 2. The summed E-state index contributed by atoms with van der Waals surface area (Å²) in [6, 6.07) is 18.1. The summed E-state index contributed by atoms with van der Waals surface area (Å²) in [6.45, 7) is 5.93. The van der Waals surface area contributed by atoms with Crippen molar-refractivity contribution in [2.45, 2.75) is 20.8 Å². The van der Waals surface area contributed by atoms with Crippen molar-refractivity contribution in [3.05, 3.63) is 77.6 Å². The van der Waals surface area contributed by atoms with E-state index in [1.54, 1.807) is 48.2 Å². The number of methoxy groups -OCH3 is 1. The molecule has 34 heavy (non-hydrogen) atoms. The standard InChI is InChI=1S/C25H26N6O3/c1-16-17(2)30-31(18(16)3)24-14-13-23(28-29-24)26-19-5-7-20(8-6-19)27-25(32)15-34-22-11-9-21(33-4)10-12-22/h5-14H,15H2,1-4H3,(H,26,28)(H,27,32). The fraction of sp³-hybridized carbons (Fsp3) is 0.200. The highest BCUT2D eigenvalue weighted by Crippen LogP contribution is 2.20. The van der Waals surface area contributed by atoms with Crippen molar-refractivity contribution in [3.63, 3.8) is 0 Å². The number of hydrogen-bond acceptors (Lipinski definition) is 7. The number of amides is 1. The van der Waals surface area contributed by atoms with Crippen LogP contribution in [-0.2, 0) is 4.79 Å². The van der Waals surface area contributed by atoms with Crippen LogP contribution in [0.2, 0.25) is 0 Å². The van der Waals surface area contributed by atoms with Gasteiger partial charge in [0.2, 0.25) is 0 Å². The summed E-state index contributed by atoms with van der Waals surface area (Å²) in [5, 5.41) is 19.0. The van der Waals surface area contributed by atoms with Crippen LogP contribution in [0.5, 0.6) is 11.5 Å². The zero-order valence-corrected chi connectivity index (χ0v) is 19.5. The van der Waals surface area contributed by atoms with Crippen LogP contribution in [0.3, 0.4) is 0 Å². The molecule has 0 bridgehead atoms. The fourth-order valence-corrected chi connectivity index (χ4v) is 3.25. The Morgan fingerprint density at radius 3 is 2.15 bits per heavy atom. The van der Waals surface area contributed by atoms with Crippen molar-refractivity contribution in [1.82, 2.24) is 20.0 Å². The van der Waals surface area contributed by atoms with E-state index in [4.69, 9.17) is 9.47 Å². The molecule has 0 radical (unpaired) electrons. The number of aromatic nitrogens is 4. The van der Waals surface area contributed by atoms with E-state index in [1.807, 2.05) is 45.0 Å².